The van der Waals surface area contributed by atoms with E-state index in [9.17, 15) is 5.11 Å². The van der Waals surface area contributed by atoms with Gasteiger partial charge in [0.25, 0.3) is 0 Å². The van der Waals surface area contributed by atoms with Gasteiger partial charge in [-0.3, -0.25) is 0 Å². The SMILES string of the molecule is COc1c(Cl)cc(C(O)CN)c(C(C)C)c1OC. The van der Waals surface area contributed by atoms with Gasteiger partial charge in [-0.25, -0.2) is 0 Å². The van der Waals surface area contributed by atoms with Gasteiger partial charge < -0.3 is 20.3 Å². The van der Waals surface area contributed by atoms with E-state index < -0.39 is 6.10 Å². The lowest BCUT2D eigenvalue weighted by atomic mass is 9.92. The predicted octanol–water partition coefficient (Wildman–Crippen LogP) is 2.47. The maximum atomic E-state index is 9.99. The summed E-state index contributed by atoms with van der Waals surface area (Å²) in [6.07, 6.45) is -0.764. The van der Waals surface area contributed by atoms with Gasteiger partial charge in [0, 0.05) is 12.1 Å². The zero-order chi connectivity index (χ0) is 13.9. The maximum Gasteiger partial charge on any atom is 0.179 e. The second kappa shape index (κ2) is 6.27. The van der Waals surface area contributed by atoms with E-state index in [0.29, 0.717) is 22.1 Å². The smallest absolute Gasteiger partial charge is 0.179 e. The van der Waals surface area contributed by atoms with Crippen LogP contribution in [0.3, 0.4) is 0 Å². The van der Waals surface area contributed by atoms with Gasteiger partial charge in [-0.15, -0.1) is 0 Å². The van der Waals surface area contributed by atoms with Crippen LogP contribution in [0, 0.1) is 0 Å². The average Bonchev–Trinajstić information content (AvgIpc) is 2.35. The summed E-state index contributed by atoms with van der Waals surface area (Å²) in [5, 5.41) is 10.4. The first-order chi connectivity index (χ1) is 8.47. The number of halogens is 1. The van der Waals surface area contributed by atoms with Crippen LogP contribution < -0.4 is 15.2 Å². The average molecular weight is 274 g/mol. The number of rotatable bonds is 5. The molecule has 1 aromatic rings. The van der Waals surface area contributed by atoms with E-state index in [1.165, 1.54) is 7.11 Å². The predicted molar refractivity (Wildman–Crippen MR) is 72.7 cm³/mol. The molecule has 0 saturated heterocycles. The molecular weight excluding hydrogens is 254 g/mol. The Bertz CT molecular complexity index is 421. The third kappa shape index (κ3) is 2.71. The first-order valence-electron chi connectivity index (χ1n) is 5.80. The number of benzene rings is 1. The Kier molecular flexibility index (Phi) is 5.26. The number of methoxy groups -OCH3 is 2. The molecule has 0 spiro atoms. The lowest BCUT2D eigenvalue weighted by molar-refractivity contribution is 0.184. The van der Waals surface area contributed by atoms with Crippen LogP contribution >= 0.6 is 11.6 Å². The summed E-state index contributed by atoms with van der Waals surface area (Å²) in [6.45, 7) is 4.15. The monoisotopic (exact) mass is 273 g/mol. The highest BCUT2D eigenvalue weighted by molar-refractivity contribution is 6.32. The van der Waals surface area contributed by atoms with Gasteiger partial charge >= 0.3 is 0 Å². The summed E-state index contributed by atoms with van der Waals surface area (Å²) >= 11 is 6.13. The lowest BCUT2D eigenvalue weighted by Gasteiger charge is -2.22. The number of ether oxygens (including phenoxy) is 2. The summed E-state index contributed by atoms with van der Waals surface area (Å²) in [6, 6.07) is 1.69. The van der Waals surface area contributed by atoms with Crippen LogP contribution in [0.25, 0.3) is 0 Å². The molecule has 3 N–H and O–H groups in total. The van der Waals surface area contributed by atoms with Crippen LogP contribution in [0.4, 0.5) is 0 Å². The van der Waals surface area contributed by atoms with Crippen molar-refractivity contribution < 1.29 is 14.6 Å². The normalized spacial score (nSPS) is 12.7. The third-order valence-corrected chi connectivity index (χ3v) is 3.11. The fraction of sp³-hybridized carbons (Fsp3) is 0.538. The highest BCUT2D eigenvalue weighted by Crippen LogP contribution is 2.44. The van der Waals surface area contributed by atoms with E-state index >= 15 is 0 Å². The van der Waals surface area contributed by atoms with Gasteiger partial charge in [-0.2, -0.15) is 0 Å². The van der Waals surface area contributed by atoms with Gasteiger partial charge in [0.2, 0.25) is 0 Å². The van der Waals surface area contributed by atoms with Gasteiger partial charge in [0.05, 0.1) is 25.3 Å². The summed E-state index contributed by atoms with van der Waals surface area (Å²) in [4.78, 5) is 0. The molecule has 4 nitrogen and oxygen atoms in total. The Hall–Kier alpha value is -0.970. The molecule has 0 aliphatic heterocycles. The molecule has 1 unspecified atom stereocenters. The minimum Gasteiger partial charge on any atom is -0.492 e. The molecule has 0 fully saturated rings. The second-order valence-electron chi connectivity index (χ2n) is 4.33. The van der Waals surface area contributed by atoms with Crippen molar-refractivity contribution in [3.8, 4) is 11.5 Å². The largest absolute Gasteiger partial charge is 0.492 e. The highest BCUT2D eigenvalue weighted by atomic mass is 35.5. The van der Waals surface area contributed by atoms with E-state index in [-0.39, 0.29) is 12.5 Å². The van der Waals surface area contributed by atoms with Crippen molar-refractivity contribution in [1.82, 2.24) is 0 Å². The van der Waals surface area contributed by atoms with Crippen molar-refractivity contribution in [2.24, 2.45) is 5.73 Å². The number of aliphatic hydroxyl groups excluding tert-OH is 1. The zero-order valence-electron chi connectivity index (χ0n) is 11.2. The van der Waals surface area contributed by atoms with Gasteiger partial charge in [-0.1, -0.05) is 25.4 Å². The van der Waals surface area contributed by atoms with Crippen molar-refractivity contribution in [3.05, 3.63) is 22.2 Å². The Morgan fingerprint density at radius 3 is 2.22 bits per heavy atom. The molecule has 0 aromatic heterocycles. The molecule has 0 aliphatic carbocycles. The van der Waals surface area contributed by atoms with E-state index in [0.717, 1.165) is 5.56 Å². The molecule has 0 amide bonds. The van der Waals surface area contributed by atoms with Crippen molar-refractivity contribution in [3.63, 3.8) is 0 Å². The van der Waals surface area contributed by atoms with Crippen LogP contribution in [0.1, 0.15) is 37.0 Å². The van der Waals surface area contributed by atoms with Crippen molar-refractivity contribution in [1.29, 1.82) is 0 Å². The standard InChI is InChI=1S/C13H20ClNO3/c1-7(2)11-8(10(16)6-15)5-9(14)12(17-3)13(11)18-4/h5,7,10,16H,6,15H2,1-4H3. The number of nitrogens with two attached hydrogens (primary N) is 1. The van der Waals surface area contributed by atoms with Crippen molar-refractivity contribution >= 4 is 11.6 Å². The summed E-state index contributed by atoms with van der Waals surface area (Å²) in [5.41, 5.74) is 7.08. The zero-order valence-corrected chi connectivity index (χ0v) is 11.9. The molecule has 0 saturated carbocycles. The molecule has 0 heterocycles. The Labute approximate surface area is 113 Å². The molecule has 5 heteroatoms. The van der Waals surface area contributed by atoms with Gasteiger partial charge in [0.15, 0.2) is 11.5 Å². The Balaban J connectivity index is 3.57. The van der Waals surface area contributed by atoms with E-state index in [2.05, 4.69) is 0 Å². The fourth-order valence-corrected chi connectivity index (χ4v) is 2.31. The number of hydrogen-bond acceptors (Lipinski definition) is 4. The van der Waals surface area contributed by atoms with Crippen LogP contribution in [0.15, 0.2) is 6.07 Å². The molecule has 18 heavy (non-hydrogen) atoms. The molecule has 102 valence electrons. The summed E-state index contributed by atoms with van der Waals surface area (Å²) in [7, 11) is 3.09. The van der Waals surface area contributed by atoms with Crippen LogP contribution in [-0.2, 0) is 0 Å². The quantitative estimate of drug-likeness (QED) is 0.865. The van der Waals surface area contributed by atoms with Crippen LogP contribution in [-0.4, -0.2) is 25.9 Å². The molecule has 0 radical (unpaired) electrons. The Morgan fingerprint density at radius 2 is 1.83 bits per heavy atom. The number of hydrogen-bond donors (Lipinski definition) is 2. The molecule has 1 rings (SSSR count). The van der Waals surface area contributed by atoms with E-state index in [1.807, 2.05) is 13.8 Å². The summed E-state index contributed by atoms with van der Waals surface area (Å²) < 4.78 is 10.6. The van der Waals surface area contributed by atoms with Crippen molar-refractivity contribution in [2.45, 2.75) is 25.9 Å². The minimum absolute atomic E-state index is 0.130. The molecular formula is C13H20ClNO3. The molecule has 0 aliphatic rings. The van der Waals surface area contributed by atoms with Crippen LogP contribution in [0.2, 0.25) is 5.02 Å². The third-order valence-electron chi connectivity index (χ3n) is 2.83. The highest BCUT2D eigenvalue weighted by Gasteiger charge is 2.24. The van der Waals surface area contributed by atoms with Gasteiger partial charge in [-0.05, 0) is 17.5 Å². The first-order valence-corrected chi connectivity index (χ1v) is 6.18. The van der Waals surface area contributed by atoms with Crippen LogP contribution in [0.5, 0.6) is 11.5 Å². The molecule has 0 bridgehead atoms. The first kappa shape index (κ1) is 15.1. The van der Waals surface area contributed by atoms with E-state index in [1.54, 1.807) is 13.2 Å². The minimum atomic E-state index is -0.764. The van der Waals surface area contributed by atoms with Gasteiger partial charge in [0.1, 0.15) is 0 Å². The fourth-order valence-electron chi connectivity index (χ4n) is 2.03. The number of aliphatic hydroxyl groups is 1. The van der Waals surface area contributed by atoms with E-state index in [4.69, 9.17) is 26.8 Å². The Morgan fingerprint density at radius 1 is 1.28 bits per heavy atom. The maximum absolute atomic E-state index is 9.99. The van der Waals surface area contributed by atoms with Crippen molar-refractivity contribution in [2.75, 3.05) is 20.8 Å². The summed E-state index contributed by atoms with van der Waals surface area (Å²) in [5.74, 6) is 1.20. The lowest BCUT2D eigenvalue weighted by Crippen LogP contribution is -2.15. The second-order valence-corrected chi connectivity index (χ2v) is 4.74. The molecule has 1 aromatic carbocycles. The molecule has 1 atom stereocenters. The topological polar surface area (TPSA) is 64.7 Å².